The van der Waals surface area contributed by atoms with Gasteiger partial charge in [-0.2, -0.15) is 0 Å². The van der Waals surface area contributed by atoms with Crippen LogP contribution in [-0.2, 0) is 5.41 Å². The third-order valence-electron chi connectivity index (χ3n) is 13.5. The van der Waals surface area contributed by atoms with E-state index < -0.39 is 0 Å². The number of anilines is 3. The minimum absolute atomic E-state index is 0.167. The molecule has 0 aromatic heterocycles. The van der Waals surface area contributed by atoms with Crippen LogP contribution in [0.15, 0.2) is 176 Å². The van der Waals surface area contributed by atoms with E-state index in [0.717, 1.165) is 40.7 Å². The number of rotatable bonds is 6. The van der Waals surface area contributed by atoms with Gasteiger partial charge < -0.3 is 4.90 Å². The monoisotopic (exact) mass is 681 g/mol. The van der Waals surface area contributed by atoms with Gasteiger partial charge in [-0.1, -0.05) is 140 Å². The largest absolute Gasteiger partial charge is 0.310 e. The van der Waals surface area contributed by atoms with E-state index in [9.17, 15) is 0 Å². The summed E-state index contributed by atoms with van der Waals surface area (Å²) in [6, 6.07) is 65.5. The van der Waals surface area contributed by atoms with Crippen LogP contribution in [0.4, 0.5) is 17.1 Å². The van der Waals surface area contributed by atoms with Crippen molar-refractivity contribution < 1.29 is 0 Å². The third-order valence-corrected chi connectivity index (χ3v) is 13.5. The van der Waals surface area contributed by atoms with Crippen molar-refractivity contribution in [2.45, 2.75) is 37.5 Å². The molecule has 5 aliphatic carbocycles. The summed E-state index contributed by atoms with van der Waals surface area (Å²) < 4.78 is 0. The van der Waals surface area contributed by atoms with Crippen molar-refractivity contribution in [3.8, 4) is 44.5 Å². The van der Waals surface area contributed by atoms with E-state index in [2.05, 4.69) is 181 Å². The first-order chi connectivity index (χ1) is 26.2. The van der Waals surface area contributed by atoms with Gasteiger partial charge in [0, 0.05) is 22.5 Å². The van der Waals surface area contributed by atoms with Crippen LogP contribution in [0.2, 0.25) is 0 Å². The molecule has 1 spiro atoms. The Morgan fingerprint density at radius 2 is 0.830 bits per heavy atom. The van der Waals surface area contributed by atoms with Gasteiger partial charge >= 0.3 is 0 Å². The quantitative estimate of drug-likeness (QED) is 0.169. The van der Waals surface area contributed by atoms with E-state index in [1.165, 1.54) is 76.6 Å². The van der Waals surface area contributed by atoms with Crippen molar-refractivity contribution in [2.75, 3.05) is 4.90 Å². The minimum Gasteiger partial charge on any atom is -0.310 e. The normalized spacial score (nSPS) is 23.2. The van der Waals surface area contributed by atoms with Gasteiger partial charge in [-0.15, -0.1) is 0 Å². The van der Waals surface area contributed by atoms with Gasteiger partial charge in [-0.05, 0) is 148 Å². The van der Waals surface area contributed by atoms with Crippen LogP contribution in [0.1, 0.15) is 43.2 Å². The van der Waals surface area contributed by atoms with Crippen LogP contribution >= 0.6 is 0 Å². The standard InChI is InChI=1S/C52H43N/c1-3-11-37(12-4-1)39-21-25-44(26-22-39)53(45-27-23-40(24-28-45)38-13-5-2-6-14-38)46-16-9-15-41(34-46)47-18-10-20-50-51(47)48-17-7-8-19-49(48)52(50)42-30-35-29-36(32-42)33-43(52)31-35/h1-28,34-36,42-43H,29-33H2. The Balaban J connectivity index is 1.04. The molecular weight excluding hydrogens is 639 g/mol. The number of hydrogen-bond donors (Lipinski definition) is 0. The van der Waals surface area contributed by atoms with Crippen LogP contribution in [-0.4, -0.2) is 0 Å². The Morgan fingerprint density at radius 3 is 1.43 bits per heavy atom. The molecule has 4 bridgehead atoms. The Labute approximate surface area is 313 Å². The first kappa shape index (κ1) is 30.9. The molecule has 0 unspecified atom stereocenters. The summed E-state index contributed by atoms with van der Waals surface area (Å²) >= 11 is 0. The fourth-order valence-corrected chi connectivity index (χ4v) is 11.6. The molecule has 0 radical (unpaired) electrons. The molecule has 0 heterocycles. The minimum atomic E-state index is 0.167. The van der Waals surface area contributed by atoms with E-state index >= 15 is 0 Å². The number of nitrogens with zero attached hydrogens (tertiary/aromatic N) is 1. The molecule has 1 heteroatoms. The summed E-state index contributed by atoms with van der Waals surface area (Å²) in [5.74, 6) is 3.40. The van der Waals surface area contributed by atoms with E-state index in [0.29, 0.717) is 0 Å². The average Bonchev–Trinajstić information content (AvgIpc) is 3.52. The van der Waals surface area contributed by atoms with Crippen molar-refractivity contribution in [1.29, 1.82) is 0 Å². The average molecular weight is 682 g/mol. The highest BCUT2D eigenvalue weighted by Crippen LogP contribution is 2.70. The first-order valence-corrected chi connectivity index (χ1v) is 19.7. The van der Waals surface area contributed by atoms with Crippen LogP contribution < -0.4 is 4.90 Å². The van der Waals surface area contributed by atoms with Crippen molar-refractivity contribution >= 4 is 17.1 Å². The van der Waals surface area contributed by atoms with E-state index in [-0.39, 0.29) is 5.41 Å². The van der Waals surface area contributed by atoms with E-state index in [4.69, 9.17) is 0 Å². The molecule has 5 aliphatic rings. The Kier molecular flexibility index (Phi) is 7.12. The van der Waals surface area contributed by atoms with Crippen LogP contribution in [0.5, 0.6) is 0 Å². The maximum atomic E-state index is 2.51. The smallest absolute Gasteiger partial charge is 0.0467 e. The lowest BCUT2D eigenvalue weighted by molar-refractivity contribution is -0.0399. The summed E-state index contributed by atoms with van der Waals surface area (Å²) in [6.07, 6.45) is 7.09. The van der Waals surface area contributed by atoms with Crippen molar-refractivity contribution in [3.63, 3.8) is 0 Å². The molecule has 4 saturated carbocycles. The summed E-state index contributed by atoms with van der Waals surface area (Å²) in [5.41, 5.74) is 17.4. The lowest BCUT2D eigenvalue weighted by atomic mass is 9.43. The van der Waals surface area contributed by atoms with Crippen LogP contribution in [0.25, 0.3) is 44.5 Å². The summed E-state index contributed by atoms with van der Waals surface area (Å²) in [7, 11) is 0. The van der Waals surface area contributed by atoms with Gasteiger partial charge in [-0.25, -0.2) is 0 Å². The summed E-state index contributed by atoms with van der Waals surface area (Å²) in [4.78, 5) is 2.42. The molecule has 7 aromatic rings. The van der Waals surface area contributed by atoms with Crippen molar-refractivity contribution in [2.24, 2.45) is 23.7 Å². The third kappa shape index (κ3) is 4.83. The molecule has 4 fully saturated rings. The summed E-state index contributed by atoms with van der Waals surface area (Å²) in [6.45, 7) is 0. The zero-order chi connectivity index (χ0) is 34.9. The predicted molar refractivity (Wildman–Crippen MR) is 221 cm³/mol. The highest BCUT2D eigenvalue weighted by atomic mass is 15.1. The lowest BCUT2D eigenvalue weighted by Crippen LogP contribution is -2.55. The molecule has 0 amide bonds. The molecular formula is C52H43N. The molecule has 0 N–H and O–H groups in total. The van der Waals surface area contributed by atoms with Gasteiger partial charge in [0.25, 0.3) is 0 Å². The maximum absolute atomic E-state index is 2.51. The van der Waals surface area contributed by atoms with Crippen molar-refractivity contribution in [1.82, 2.24) is 0 Å². The molecule has 12 rings (SSSR count). The van der Waals surface area contributed by atoms with Gasteiger partial charge in [0.15, 0.2) is 0 Å². The molecule has 7 aromatic carbocycles. The van der Waals surface area contributed by atoms with Gasteiger partial charge in [0.2, 0.25) is 0 Å². The molecule has 256 valence electrons. The fourth-order valence-electron chi connectivity index (χ4n) is 11.6. The summed E-state index contributed by atoms with van der Waals surface area (Å²) in [5, 5.41) is 0. The molecule has 0 saturated heterocycles. The van der Waals surface area contributed by atoms with Gasteiger partial charge in [-0.3, -0.25) is 0 Å². The number of benzene rings is 7. The maximum Gasteiger partial charge on any atom is 0.0467 e. The molecule has 53 heavy (non-hydrogen) atoms. The van der Waals surface area contributed by atoms with Gasteiger partial charge in [0.05, 0.1) is 0 Å². The second kappa shape index (κ2) is 12.2. The molecule has 0 aliphatic heterocycles. The Bertz CT molecular complexity index is 2330. The molecule has 1 nitrogen and oxygen atoms in total. The SMILES string of the molecule is c1ccc(-c2ccc(N(c3ccc(-c4ccccc4)cc3)c3cccc(-c4cccc5c4-c4ccccc4C54C5CC6CC(C5)CC4C6)c3)cc2)cc1. The zero-order valence-electron chi connectivity index (χ0n) is 30.0. The Hall–Kier alpha value is -5.66. The second-order valence-corrected chi connectivity index (χ2v) is 16.2. The van der Waals surface area contributed by atoms with E-state index in [1.807, 2.05) is 0 Å². The van der Waals surface area contributed by atoms with Crippen LogP contribution in [0, 0.1) is 23.7 Å². The second-order valence-electron chi connectivity index (χ2n) is 16.2. The van der Waals surface area contributed by atoms with Gasteiger partial charge in [0.1, 0.15) is 0 Å². The fraction of sp³-hybridized carbons (Fsp3) is 0.192. The topological polar surface area (TPSA) is 3.24 Å². The number of fused-ring (bicyclic) bond motifs is 3. The predicted octanol–water partition coefficient (Wildman–Crippen LogP) is 13.9. The number of hydrogen-bond acceptors (Lipinski definition) is 1. The Morgan fingerprint density at radius 1 is 0.358 bits per heavy atom. The highest BCUT2D eigenvalue weighted by Gasteiger charge is 2.61. The first-order valence-electron chi connectivity index (χ1n) is 19.7. The highest BCUT2D eigenvalue weighted by molar-refractivity contribution is 5.94. The van der Waals surface area contributed by atoms with Crippen LogP contribution in [0.3, 0.4) is 0 Å². The van der Waals surface area contributed by atoms with E-state index in [1.54, 1.807) is 11.1 Å². The lowest BCUT2D eigenvalue weighted by Gasteiger charge is -2.61. The van der Waals surface area contributed by atoms with Crippen molar-refractivity contribution in [3.05, 3.63) is 187 Å². The molecule has 0 atom stereocenters. The zero-order valence-corrected chi connectivity index (χ0v) is 30.0.